The van der Waals surface area contributed by atoms with Crippen LogP contribution in [0.25, 0.3) is 0 Å². The van der Waals surface area contributed by atoms with Gasteiger partial charge in [0.05, 0.1) is 0 Å². The molecule has 2 amide bonds. The molecule has 0 spiro atoms. The number of aryl methyl sites for hydroxylation is 1. The van der Waals surface area contributed by atoms with E-state index in [4.69, 9.17) is 23.2 Å². The number of nitrogens with one attached hydrogen (secondary N) is 2. The topological polar surface area (TPSA) is 58.2 Å². The highest BCUT2D eigenvalue weighted by atomic mass is 35.5. The molecule has 4 rings (SSSR count). The lowest BCUT2D eigenvalue weighted by atomic mass is 10.1. The van der Waals surface area contributed by atoms with E-state index in [9.17, 15) is 9.59 Å². The van der Waals surface area contributed by atoms with Gasteiger partial charge in [-0.2, -0.15) is 0 Å². The largest absolute Gasteiger partial charge is 0.325 e. The third-order valence-corrected chi connectivity index (χ3v) is 7.14. The van der Waals surface area contributed by atoms with Crippen molar-refractivity contribution in [3.05, 3.63) is 124 Å². The van der Waals surface area contributed by atoms with Gasteiger partial charge in [0, 0.05) is 31.9 Å². The fourth-order valence-corrected chi connectivity index (χ4v) is 4.76. The van der Waals surface area contributed by atoms with Crippen LogP contribution in [0.1, 0.15) is 26.7 Å². The van der Waals surface area contributed by atoms with Gasteiger partial charge in [-0.25, -0.2) is 0 Å². The average molecular weight is 521 g/mol. The van der Waals surface area contributed by atoms with Gasteiger partial charge in [-0.3, -0.25) is 9.59 Å². The van der Waals surface area contributed by atoms with Gasteiger partial charge in [-0.05, 0) is 72.6 Å². The molecular weight excluding hydrogens is 499 g/mol. The zero-order chi connectivity index (χ0) is 24.8. The van der Waals surface area contributed by atoms with Crippen LogP contribution in [0.3, 0.4) is 0 Å². The highest BCUT2D eigenvalue weighted by Crippen LogP contribution is 2.37. The summed E-state index contributed by atoms with van der Waals surface area (Å²) in [5.41, 5.74) is 3.60. The van der Waals surface area contributed by atoms with Gasteiger partial charge in [0.15, 0.2) is 0 Å². The molecule has 1 atom stereocenters. The molecule has 0 heterocycles. The number of benzene rings is 4. The van der Waals surface area contributed by atoms with Crippen molar-refractivity contribution in [3.63, 3.8) is 0 Å². The van der Waals surface area contributed by atoms with E-state index >= 15 is 0 Å². The fourth-order valence-electron chi connectivity index (χ4n) is 3.37. The Kier molecular flexibility index (Phi) is 8.13. The maximum Gasteiger partial charge on any atom is 0.255 e. The molecule has 0 aromatic heterocycles. The predicted octanol–water partition coefficient (Wildman–Crippen LogP) is 8.03. The maximum absolute atomic E-state index is 13.3. The molecule has 0 radical (unpaired) electrons. The van der Waals surface area contributed by atoms with Crippen molar-refractivity contribution in [1.82, 2.24) is 0 Å². The van der Waals surface area contributed by atoms with Crippen molar-refractivity contribution in [3.8, 4) is 0 Å². The molecule has 2 N–H and O–H groups in total. The van der Waals surface area contributed by atoms with Crippen LogP contribution >= 0.6 is 35.0 Å². The average Bonchev–Trinajstić information content (AvgIpc) is 2.86. The van der Waals surface area contributed by atoms with Gasteiger partial charge < -0.3 is 10.6 Å². The summed E-state index contributed by atoms with van der Waals surface area (Å²) in [5, 5.41) is 6.46. The minimum Gasteiger partial charge on any atom is -0.325 e. The van der Waals surface area contributed by atoms with Crippen molar-refractivity contribution in [2.75, 3.05) is 10.6 Å². The van der Waals surface area contributed by atoms with Gasteiger partial charge in [0.1, 0.15) is 5.25 Å². The van der Waals surface area contributed by atoms with Gasteiger partial charge in [-0.15, -0.1) is 11.8 Å². The first-order valence-corrected chi connectivity index (χ1v) is 12.5. The standard InChI is InChI=1S/C28H22Cl2N2O2S/c1-18-10-11-23(17-25(18)30)32-28(34)26(19-6-3-2-4-7-19)35-24-14-12-22(13-15-24)31-27(33)20-8-5-9-21(29)16-20/h2-17,26H,1H3,(H,31,33)(H,32,34). The summed E-state index contributed by atoms with van der Waals surface area (Å²) < 4.78 is 0. The molecule has 1 unspecified atom stereocenters. The van der Waals surface area contributed by atoms with E-state index < -0.39 is 5.25 Å². The van der Waals surface area contributed by atoms with E-state index in [0.29, 0.717) is 27.0 Å². The summed E-state index contributed by atoms with van der Waals surface area (Å²) in [5.74, 6) is -0.398. The van der Waals surface area contributed by atoms with Crippen molar-refractivity contribution >= 4 is 58.2 Å². The Morgan fingerprint density at radius 2 is 1.49 bits per heavy atom. The zero-order valence-electron chi connectivity index (χ0n) is 18.8. The smallest absolute Gasteiger partial charge is 0.255 e. The van der Waals surface area contributed by atoms with Gasteiger partial charge in [-0.1, -0.05) is 65.7 Å². The van der Waals surface area contributed by atoms with Crippen LogP contribution in [-0.4, -0.2) is 11.8 Å². The van der Waals surface area contributed by atoms with Gasteiger partial charge >= 0.3 is 0 Å². The summed E-state index contributed by atoms with van der Waals surface area (Å²) in [6, 6.07) is 29.2. The molecule has 7 heteroatoms. The van der Waals surface area contributed by atoms with E-state index in [1.807, 2.05) is 73.7 Å². The molecule has 176 valence electrons. The third-order valence-electron chi connectivity index (χ3n) is 5.23. The molecule has 0 saturated carbocycles. The first kappa shape index (κ1) is 24.9. The molecule has 4 nitrogen and oxygen atoms in total. The molecule has 0 bridgehead atoms. The Balaban J connectivity index is 1.49. The molecule has 35 heavy (non-hydrogen) atoms. The quantitative estimate of drug-likeness (QED) is 0.242. The van der Waals surface area contributed by atoms with E-state index in [1.165, 1.54) is 11.8 Å². The molecular formula is C28H22Cl2N2O2S. The van der Waals surface area contributed by atoms with Crippen LogP contribution in [0.2, 0.25) is 10.0 Å². The molecule has 4 aromatic rings. The number of amides is 2. The first-order chi connectivity index (χ1) is 16.9. The van der Waals surface area contributed by atoms with Crippen LogP contribution < -0.4 is 10.6 Å². The second-order valence-electron chi connectivity index (χ2n) is 7.85. The van der Waals surface area contributed by atoms with Crippen LogP contribution in [0.5, 0.6) is 0 Å². The van der Waals surface area contributed by atoms with E-state index in [1.54, 1.807) is 30.3 Å². The summed E-state index contributed by atoms with van der Waals surface area (Å²) in [7, 11) is 0. The highest BCUT2D eigenvalue weighted by molar-refractivity contribution is 8.00. The number of hydrogen-bond acceptors (Lipinski definition) is 3. The molecule has 0 fully saturated rings. The van der Waals surface area contributed by atoms with E-state index in [0.717, 1.165) is 16.0 Å². The third kappa shape index (κ3) is 6.67. The van der Waals surface area contributed by atoms with Crippen molar-refractivity contribution in [2.45, 2.75) is 17.1 Å². The monoisotopic (exact) mass is 520 g/mol. The van der Waals surface area contributed by atoms with Crippen molar-refractivity contribution < 1.29 is 9.59 Å². The molecule has 0 saturated heterocycles. The Labute approximate surface area is 218 Å². The van der Waals surface area contributed by atoms with Crippen LogP contribution in [0.4, 0.5) is 11.4 Å². The lowest BCUT2D eigenvalue weighted by Gasteiger charge is -2.18. The predicted molar refractivity (Wildman–Crippen MR) is 146 cm³/mol. The Morgan fingerprint density at radius 1 is 0.771 bits per heavy atom. The molecule has 4 aromatic carbocycles. The highest BCUT2D eigenvalue weighted by Gasteiger charge is 2.22. The second kappa shape index (κ2) is 11.5. The SMILES string of the molecule is Cc1ccc(NC(=O)C(Sc2ccc(NC(=O)c3cccc(Cl)c3)cc2)c2ccccc2)cc1Cl. The number of thioether (sulfide) groups is 1. The van der Waals surface area contributed by atoms with E-state index in [-0.39, 0.29) is 11.8 Å². The number of rotatable bonds is 7. The minimum atomic E-state index is -0.483. The van der Waals surface area contributed by atoms with Crippen LogP contribution in [0.15, 0.2) is 102 Å². The molecule has 0 aliphatic carbocycles. The lowest BCUT2D eigenvalue weighted by Crippen LogP contribution is -2.19. The first-order valence-electron chi connectivity index (χ1n) is 10.8. The second-order valence-corrected chi connectivity index (χ2v) is 9.87. The zero-order valence-corrected chi connectivity index (χ0v) is 21.1. The van der Waals surface area contributed by atoms with Gasteiger partial charge in [0.25, 0.3) is 5.91 Å². The molecule has 0 aliphatic heterocycles. The minimum absolute atomic E-state index is 0.153. The summed E-state index contributed by atoms with van der Waals surface area (Å²) in [4.78, 5) is 26.6. The normalized spacial score (nSPS) is 11.5. The molecule has 0 aliphatic rings. The van der Waals surface area contributed by atoms with Crippen molar-refractivity contribution in [1.29, 1.82) is 0 Å². The number of anilines is 2. The number of hydrogen-bond donors (Lipinski definition) is 2. The van der Waals surface area contributed by atoms with Crippen LogP contribution in [-0.2, 0) is 4.79 Å². The number of carbonyl (C=O) groups excluding carboxylic acids is 2. The number of halogens is 2. The van der Waals surface area contributed by atoms with E-state index in [2.05, 4.69) is 10.6 Å². The lowest BCUT2D eigenvalue weighted by molar-refractivity contribution is -0.115. The van der Waals surface area contributed by atoms with Gasteiger partial charge in [0.2, 0.25) is 5.91 Å². The van der Waals surface area contributed by atoms with Crippen LogP contribution in [0, 0.1) is 6.92 Å². The maximum atomic E-state index is 13.3. The Hall–Kier alpha value is -3.25. The Morgan fingerprint density at radius 3 is 2.17 bits per heavy atom. The Bertz CT molecular complexity index is 1340. The summed E-state index contributed by atoms with van der Waals surface area (Å²) >= 11 is 13.6. The summed E-state index contributed by atoms with van der Waals surface area (Å²) in [6.45, 7) is 1.91. The fraction of sp³-hybridized carbons (Fsp3) is 0.0714. The number of carbonyl (C=O) groups is 2. The summed E-state index contributed by atoms with van der Waals surface area (Å²) in [6.07, 6.45) is 0. The van der Waals surface area contributed by atoms with Crippen molar-refractivity contribution in [2.24, 2.45) is 0 Å².